The minimum atomic E-state index is -0.822. The molecule has 0 spiro atoms. The van der Waals surface area contributed by atoms with Crippen LogP contribution in [-0.4, -0.2) is 24.7 Å². The molecule has 0 rings (SSSR count). The molecule has 44 valence electrons. The van der Waals surface area contributed by atoms with Gasteiger partial charge < -0.3 is 22.8 Å². The molecule has 0 saturated heterocycles. The van der Waals surface area contributed by atoms with Gasteiger partial charge in [0.1, 0.15) is 0 Å². The molecular weight excluding hydrogens is 140 g/mol. The number of carboxylic acid groups (broad SMARTS) is 1. The van der Waals surface area contributed by atoms with Crippen molar-refractivity contribution in [1.82, 2.24) is 5.32 Å². The number of likely N-dealkylation sites (N-methyl/N-ethyl adjacent to an activating group) is 1. The normalized spacial score (nSPS) is 6.12. The number of carbonyl (C=O) groups is 1. The van der Waals surface area contributed by atoms with Crippen molar-refractivity contribution in [3.05, 3.63) is 0 Å². The van der Waals surface area contributed by atoms with Crippen LogP contribution in [0.5, 0.6) is 0 Å². The van der Waals surface area contributed by atoms with E-state index in [-0.39, 0.29) is 48.5 Å². The molecule has 0 aromatic heterocycles. The van der Waals surface area contributed by atoms with Crippen molar-refractivity contribution in [2.45, 2.75) is 0 Å². The molecule has 0 unspecified atom stereocenters. The van der Waals surface area contributed by atoms with E-state index in [1.54, 1.807) is 7.05 Å². The van der Waals surface area contributed by atoms with Crippen molar-refractivity contribution in [2.24, 2.45) is 0 Å². The van der Waals surface area contributed by atoms with E-state index in [2.05, 4.69) is 5.32 Å². The molecule has 0 aromatic rings. The minimum Gasteiger partial charge on any atom is -1.00 e. The number of nitrogens with one attached hydrogen (secondary N) is 1. The second-order valence-electron chi connectivity index (χ2n) is 0.924. The van der Waals surface area contributed by atoms with Crippen molar-refractivity contribution in [1.29, 1.82) is 0 Å². The predicted octanol–water partition coefficient (Wildman–Crippen LogP) is -6.70. The number of rotatable bonds is 2. The summed E-state index contributed by atoms with van der Waals surface area (Å²) in [5, 5.41) is 10.3. The van der Waals surface area contributed by atoms with Crippen LogP contribution in [0.3, 0.4) is 0 Å². The van der Waals surface area contributed by atoms with Crippen LogP contribution >= 0.6 is 0 Å². The van der Waals surface area contributed by atoms with E-state index in [0.717, 1.165) is 0 Å². The Morgan fingerprint density at radius 2 is 2.12 bits per heavy atom. The van der Waals surface area contributed by atoms with E-state index in [9.17, 15) is 4.79 Å². The fourth-order valence-electron chi connectivity index (χ4n) is 0.151. The van der Waals surface area contributed by atoms with Gasteiger partial charge in [-0.05, 0) is 7.05 Å². The SMILES string of the molecule is CNCC(=O)O.[Cl-].[Na+]. The van der Waals surface area contributed by atoms with Gasteiger partial charge in [0, 0.05) is 0 Å². The summed E-state index contributed by atoms with van der Waals surface area (Å²) >= 11 is 0. The second-order valence-corrected chi connectivity index (χ2v) is 0.924. The van der Waals surface area contributed by atoms with Gasteiger partial charge in [0.25, 0.3) is 0 Å². The second kappa shape index (κ2) is 10.7. The summed E-state index contributed by atoms with van der Waals surface area (Å²) in [6, 6.07) is 0. The summed E-state index contributed by atoms with van der Waals surface area (Å²) < 4.78 is 0. The van der Waals surface area contributed by atoms with Crippen molar-refractivity contribution < 1.29 is 51.9 Å². The fourth-order valence-corrected chi connectivity index (χ4v) is 0.151. The fraction of sp³-hybridized carbons (Fsp3) is 0.667. The van der Waals surface area contributed by atoms with Crippen LogP contribution in [0.2, 0.25) is 0 Å². The summed E-state index contributed by atoms with van der Waals surface area (Å²) in [7, 11) is 1.59. The molecule has 0 aliphatic heterocycles. The average Bonchev–Trinajstić information content (AvgIpc) is 1.35. The first kappa shape index (κ1) is 15.9. The Morgan fingerprint density at radius 3 is 2.12 bits per heavy atom. The first-order valence-electron chi connectivity index (χ1n) is 1.63. The van der Waals surface area contributed by atoms with E-state index in [0.29, 0.717) is 0 Å². The molecule has 3 nitrogen and oxygen atoms in total. The first-order chi connectivity index (χ1) is 2.77. The Labute approximate surface area is 76.5 Å². The van der Waals surface area contributed by atoms with Crippen LogP contribution < -0.4 is 47.3 Å². The molecule has 0 aromatic carbocycles. The monoisotopic (exact) mass is 147 g/mol. The molecule has 0 heterocycles. The maximum Gasteiger partial charge on any atom is 1.00 e. The van der Waals surface area contributed by atoms with Gasteiger partial charge >= 0.3 is 35.5 Å². The number of halogens is 1. The number of hydrogen-bond acceptors (Lipinski definition) is 2. The Hall–Kier alpha value is 0.720. The molecule has 0 aliphatic carbocycles. The molecular formula is C3H7ClNNaO2. The molecule has 8 heavy (non-hydrogen) atoms. The molecule has 0 atom stereocenters. The zero-order chi connectivity index (χ0) is 4.99. The first-order valence-corrected chi connectivity index (χ1v) is 1.63. The number of hydrogen-bond donors (Lipinski definition) is 2. The van der Waals surface area contributed by atoms with Gasteiger partial charge in [0.05, 0.1) is 6.54 Å². The van der Waals surface area contributed by atoms with E-state index in [4.69, 9.17) is 5.11 Å². The molecule has 2 N–H and O–H groups in total. The average molecular weight is 148 g/mol. The predicted molar refractivity (Wildman–Crippen MR) is 21.6 cm³/mol. The minimum absolute atomic E-state index is 0. The van der Waals surface area contributed by atoms with Gasteiger partial charge in [0.2, 0.25) is 0 Å². The van der Waals surface area contributed by atoms with Crippen molar-refractivity contribution in [2.75, 3.05) is 13.6 Å². The maximum atomic E-state index is 9.54. The molecule has 0 bridgehead atoms. The smallest absolute Gasteiger partial charge is 1.00 e. The maximum absolute atomic E-state index is 9.54. The van der Waals surface area contributed by atoms with Gasteiger partial charge in [-0.25, -0.2) is 0 Å². The van der Waals surface area contributed by atoms with E-state index in [1.165, 1.54) is 0 Å². The third kappa shape index (κ3) is 15.9. The quantitative estimate of drug-likeness (QED) is 0.382. The van der Waals surface area contributed by atoms with Crippen molar-refractivity contribution in [3.63, 3.8) is 0 Å². The summed E-state index contributed by atoms with van der Waals surface area (Å²) in [4.78, 5) is 9.54. The molecule has 0 radical (unpaired) electrons. The van der Waals surface area contributed by atoms with Crippen LogP contribution in [-0.2, 0) is 4.79 Å². The molecule has 0 amide bonds. The summed E-state index contributed by atoms with van der Waals surface area (Å²) in [5.41, 5.74) is 0. The Bertz CT molecular complexity index is 61.2. The Morgan fingerprint density at radius 1 is 1.75 bits per heavy atom. The molecule has 5 heteroatoms. The zero-order valence-corrected chi connectivity index (χ0v) is 7.70. The van der Waals surface area contributed by atoms with Crippen LogP contribution in [0.25, 0.3) is 0 Å². The van der Waals surface area contributed by atoms with E-state index >= 15 is 0 Å². The van der Waals surface area contributed by atoms with E-state index in [1.807, 2.05) is 0 Å². The standard InChI is InChI=1S/C3H7NO2.ClH.Na/c1-4-2-3(5)6;;/h4H,2H2,1H3,(H,5,6);1H;/q;;+1/p-1. The summed E-state index contributed by atoms with van der Waals surface area (Å²) in [5.74, 6) is -0.822. The molecule has 0 fully saturated rings. The molecule has 0 saturated carbocycles. The van der Waals surface area contributed by atoms with Gasteiger partial charge in [-0.1, -0.05) is 0 Å². The van der Waals surface area contributed by atoms with Crippen molar-refractivity contribution >= 4 is 5.97 Å². The van der Waals surface area contributed by atoms with Gasteiger partial charge in [-0.15, -0.1) is 0 Å². The van der Waals surface area contributed by atoms with Crippen LogP contribution in [0.1, 0.15) is 0 Å². The number of aliphatic carboxylic acids is 1. The Balaban J connectivity index is -0.000000125. The summed E-state index contributed by atoms with van der Waals surface area (Å²) in [6.07, 6.45) is 0. The van der Waals surface area contributed by atoms with Crippen LogP contribution in [0.15, 0.2) is 0 Å². The Kier molecular flexibility index (Phi) is 21.2. The largest absolute Gasteiger partial charge is 1.00 e. The van der Waals surface area contributed by atoms with Crippen molar-refractivity contribution in [3.8, 4) is 0 Å². The van der Waals surface area contributed by atoms with Gasteiger partial charge in [-0.3, -0.25) is 4.79 Å². The van der Waals surface area contributed by atoms with Gasteiger partial charge in [0.15, 0.2) is 0 Å². The van der Waals surface area contributed by atoms with Gasteiger partial charge in [-0.2, -0.15) is 0 Å². The van der Waals surface area contributed by atoms with E-state index < -0.39 is 5.97 Å². The molecule has 0 aliphatic rings. The topological polar surface area (TPSA) is 49.3 Å². The third-order valence-corrected chi connectivity index (χ3v) is 0.328. The van der Waals surface area contributed by atoms with Crippen LogP contribution in [0, 0.1) is 0 Å². The zero-order valence-electron chi connectivity index (χ0n) is 4.94. The number of carboxylic acids is 1. The summed E-state index contributed by atoms with van der Waals surface area (Å²) in [6.45, 7) is 0.0417. The third-order valence-electron chi connectivity index (χ3n) is 0.328. The van der Waals surface area contributed by atoms with Crippen LogP contribution in [0.4, 0.5) is 0 Å².